The zero-order valence-corrected chi connectivity index (χ0v) is 14.5. The Hall–Kier alpha value is -1.44. The molecule has 2 rings (SSSR count). The van der Waals surface area contributed by atoms with E-state index in [1.165, 1.54) is 12.1 Å². The van der Waals surface area contributed by atoms with Crippen molar-refractivity contribution < 1.29 is 13.2 Å². The molecule has 1 amide bonds. The summed E-state index contributed by atoms with van der Waals surface area (Å²) in [5.74, 6) is -0.195. The SMILES string of the molecule is CN(C)CCNC(=O)c1ccc(S(=O)(=O)NC2CCCC2)cc1. The summed E-state index contributed by atoms with van der Waals surface area (Å²) in [7, 11) is 0.365. The van der Waals surface area contributed by atoms with E-state index in [0.717, 1.165) is 32.2 Å². The van der Waals surface area contributed by atoms with Crippen molar-refractivity contribution in [1.82, 2.24) is 14.9 Å². The van der Waals surface area contributed by atoms with Crippen molar-refractivity contribution >= 4 is 15.9 Å². The Balaban J connectivity index is 1.96. The van der Waals surface area contributed by atoms with Crippen LogP contribution in [0.25, 0.3) is 0 Å². The Morgan fingerprint density at radius 2 is 1.78 bits per heavy atom. The van der Waals surface area contributed by atoms with E-state index in [2.05, 4.69) is 10.0 Å². The summed E-state index contributed by atoms with van der Waals surface area (Å²) in [4.78, 5) is 14.2. The number of nitrogens with zero attached hydrogens (tertiary/aromatic N) is 1. The van der Waals surface area contributed by atoms with Crippen LogP contribution in [-0.4, -0.2) is 52.5 Å². The van der Waals surface area contributed by atoms with Gasteiger partial charge in [0, 0.05) is 24.7 Å². The monoisotopic (exact) mass is 339 g/mol. The van der Waals surface area contributed by atoms with Crippen molar-refractivity contribution in [2.75, 3.05) is 27.2 Å². The highest BCUT2D eigenvalue weighted by Gasteiger charge is 2.22. The lowest BCUT2D eigenvalue weighted by atomic mass is 10.2. The molecule has 0 radical (unpaired) electrons. The molecule has 0 atom stereocenters. The first-order valence-electron chi connectivity index (χ1n) is 7.94. The topological polar surface area (TPSA) is 78.5 Å². The smallest absolute Gasteiger partial charge is 0.251 e. The molecule has 0 aliphatic heterocycles. The van der Waals surface area contributed by atoms with Gasteiger partial charge in [0.1, 0.15) is 0 Å². The van der Waals surface area contributed by atoms with Crippen LogP contribution in [0.3, 0.4) is 0 Å². The summed E-state index contributed by atoms with van der Waals surface area (Å²) < 4.78 is 27.3. The van der Waals surface area contributed by atoms with Gasteiger partial charge in [-0.2, -0.15) is 0 Å². The van der Waals surface area contributed by atoms with Crippen LogP contribution in [0.1, 0.15) is 36.0 Å². The second-order valence-electron chi connectivity index (χ2n) is 6.19. The number of amides is 1. The predicted octanol–water partition coefficient (Wildman–Crippen LogP) is 1.20. The largest absolute Gasteiger partial charge is 0.351 e. The molecule has 0 bridgehead atoms. The number of rotatable bonds is 7. The first-order chi connectivity index (χ1) is 10.9. The molecule has 1 saturated carbocycles. The lowest BCUT2D eigenvalue weighted by Gasteiger charge is -2.13. The molecule has 0 unspecified atom stereocenters. The van der Waals surface area contributed by atoms with Gasteiger partial charge >= 0.3 is 0 Å². The van der Waals surface area contributed by atoms with Gasteiger partial charge in [-0.15, -0.1) is 0 Å². The highest BCUT2D eigenvalue weighted by Crippen LogP contribution is 2.20. The Morgan fingerprint density at radius 1 is 1.17 bits per heavy atom. The molecule has 1 fully saturated rings. The van der Waals surface area contributed by atoms with Gasteiger partial charge in [-0.1, -0.05) is 12.8 Å². The first kappa shape index (κ1) is 17.9. The van der Waals surface area contributed by atoms with Crippen molar-refractivity contribution in [3.05, 3.63) is 29.8 Å². The fourth-order valence-corrected chi connectivity index (χ4v) is 3.92. The molecule has 6 nitrogen and oxygen atoms in total. The number of carbonyl (C=O) groups is 1. The minimum Gasteiger partial charge on any atom is -0.351 e. The van der Waals surface area contributed by atoms with Gasteiger partial charge in [0.15, 0.2) is 0 Å². The Bertz CT molecular complexity index is 620. The van der Waals surface area contributed by atoms with Gasteiger partial charge < -0.3 is 10.2 Å². The third-order valence-corrected chi connectivity index (χ3v) is 5.48. The van der Waals surface area contributed by atoms with Crippen LogP contribution in [0.2, 0.25) is 0 Å². The number of nitrogens with one attached hydrogen (secondary N) is 2. The molecule has 1 aliphatic rings. The molecule has 7 heteroatoms. The second-order valence-corrected chi connectivity index (χ2v) is 7.90. The summed E-state index contributed by atoms with van der Waals surface area (Å²) >= 11 is 0. The van der Waals surface area contributed by atoms with E-state index < -0.39 is 10.0 Å². The molecule has 0 spiro atoms. The van der Waals surface area contributed by atoms with Gasteiger partial charge in [-0.05, 0) is 51.2 Å². The van der Waals surface area contributed by atoms with E-state index in [4.69, 9.17) is 0 Å². The summed E-state index contributed by atoms with van der Waals surface area (Å²) in [6.07, 6.45) is 3.93. The van der Waals surface area contributed by atoms with Crippen molar-refractivity contribution in [3.8, 4) is 0 Å². The molecule has 1 aliphatic carbocycles. The Morgan fingerprint density at radius 3 is 2.35 bits per heavy atom. The third kappa shape index (κ3) is 5.30. The third-order valence-electron chi connectivity index (χ3n) is 3.95. The van der Waals surface area contributed by atoms with Crippen molar-refractivity contribution in [2.45, 2.75) is 36.6 Å². The fraction of sp³-hybridized carbons (Fsp3) is 0.562. The Kier molecular flexibility index (Phi) is 6.15. The van der Waals surface area contributed by atoms with Crippen LogP contribution in [0, 0.1) is 0 Å². The van der Waals surface area contributed by atoms with Crippen LogP contribution < -0.4 is 10.0 Å². The molecular formula is C16H25N3O3S. The maximum absolute atomic E-state index is 12.3. The van der Waals surface area contributed by atoms with Gasteiger partial charge in [-0.3, -0.25) is 4.79 Å². The van der Waals surface area contributed by atoms with E-state index >= 15 is 0 Å². The van der Waals surface area contributed by atoms with Crippen LogP contribution in [0.15, 0.2) is 29.2 Å². The van der Waals surface area contributed by atoms with Crippen LogP contribution in [-0.2, 0) is 10.0 Å². The number of sulfonamides is 1. The predicted molar refractivity (Wildman–Crippen MR) is 89.9 cm³/mol. The number of hydrogen-bond acceptors (Lipinski definition) is 4. The van der Waals surface area contributed by atoms with Gasteiger partial charge in [0.2, 0.25) is 10.0 Å². The van der Waals surface area contributed by atoms with Crippen molar-refractivity contribution in [2.24, 2.45) is 0 Å². The van der Waals surface area contributed by atoms with Gasteiger partial charge in [0.05, 0.1) is 4.90 Å². The molecule has 1 aromatic rings. The van der Waals surface area contributed by atoms with Crippen LogP contribution >= 0.6 is 0 Å². The minimum atomic E-state index is -3.50. The Labute approximate surface area is 138 Å². The van der Waals surface area contributed by atoms with E-state index in [9.17, 15) is 13.2 Å². The summed E-state index contributed by atoms with van der Waals surface area (Å²) in [5.41, 5.74) is 0.462. The van der Waals surface area contributed by atoms with E-state index in [0.29, 0.717) is 12.1 Å². The number of carbonyl (C=O) groups excluding carboxylic acids is 1. The van der Waals surface area contributed by atoms with E-state index in [1.54, 1.807) is 12.1 Å². The molecule has 128 valence electrons. The number of likely N-dealkylation sites (N-methyl/N-ethyl adjacent to an activating group) is 1. The van der Waals surface area contributed by atoms with Gasteiger partial charge in [0.25, 0.3) is 5.91 Å². The van der Waals surface area contributed by atoms with E-state index in [1.807, 2.05) is 19.0 Å². The number of benzene rings is 1. The highest BCUT2D eigenvalue weighted by atomic mass is 32.2. The standard InChI is InChI=1S/C16H25N3O3S/c1-19(2)12-11-17-16(20)13-7-9-15(10-8-13)23(21,22)18-14-5-3-4-6-14/h7-10,14,18H,3-6,11-12H2,1-2H3,(H,17,20). The molecule has 1 aromatic carbocycles. The average Bonchev–Trinajstić information content (AvgIpc) is 2.99. The lowest BCUT2D eigenvalue weighted by molar-refractivity contribution is 0.0951. The highest BCUT2D eigenvalue weighted by molar-refractivity contribution is 7.89. The zero-order chi connectivity index (χ0) is 16.9. The molecule has 0 aromatic heterocycles. The summed E-state index contributed by atoms with van der Waals surface area (Å²) in [6.45, 7) is 1.30. The summed E-state index contributed by atoms with van der Waals surface area (Å²) in [6, 6.07) is 6.10. The molecule has 2 N–H and O–H groups in total. The average molecular weight is 339 g/mol. The lowest BCUT2D eigenvalue weighted by Crippen LogP contribution is -2.33. The maximum atomic E-state index is 12.3. The molecular weight excluding hydrogens is 314 g/mol. The molecule has 23 heavy (non-hydrogen) atoms. The van der Waals surface area contributed by atoms with Gasteiger partial charge in [-0.25, -0.2) is 13.1 Å². The maximum Gasteiger partial charge on any atom is 0.251 e. The number of hydrogen-bond donors (Lipinski definition) is 2. The quantitative estimate of drug-likeness (QED) is 0.782. The first-order valence-corrected chi connectivity index (χ1v) is 9.42. The second kappa shape index (κ2) is 7.90. The van der Waals surface area contributed by atoms with Crippen LogP contribution in [0.5, 0.6) is 0 Å². The van der Waals surface area contributed by atoms with E-state index in [-0.39, 0.29) is 16.8 Å². The fourth-order valence-electron chi connectivity index (χ4n) is 2.61. The minimum absolute atomic E-state index is 0.0361. The normalized spacial score (nSPS) is 16.0. The van der Waals surface area contributed by atoms with Crippen LogP contribution in [0.4, 0.5) is 0 Å². The zero-order valence-electron chi connectivity index (χ0n) is 13.7. The summed E-state index contributed by atoms with van der Waals surface area (Å²) in [5, 5.41) is 2.80. The van der Waals surface area contributed by atoms with Crippen molar-refractivity contribution in [1.29, 1.82) is 0 Å². The van der Waals surface area contributed by atoms with Crippen molar-refractivity contribution in [3.63, 3.8) is 0 Å². The molecule has 0 saturated heterocycles. The molecule has 0 heterocycles.